The highest BCUT2D eigenvalue weighted by molar-refractivity contribution is 6.11. The second-order valence-electron chi connectivity index (χ2n) is 12.0. The van der Waals surface area contributed by atoms with Gasteiger partial charge >= 0.3 is 0 Å². The summed E-state index contributed by atoms with van der Waals surface area (Å²) in [5.41, 5.74) is 11.9. The van der Waals surface area contributed by atoms with Crippen molar-refractivity contribution in [1.29, 1.82) is 5.26 Å². The molecule has 9 rings (SSSR count). The number of hydrogen-bond acceptors (Lipinski definition) is 1. The quantitative estimate of drug-likeness (QED) is 0.183. The van der Waals surface area contributed by atoms with Gasteiger partial charge in [-0.15, -0.1) is 0 Å². The van der Waals surface area contributed by atoms with Crippen LogP contribution in [-0.4, -0.2) is 9.13 Å². The van der Waals surface area contributed by atoms with Crippen LogP contribution in [0.25, 0.3) is 82.1 Å². The topological polar surface area (TPSA) is 38.0 Å². The van der Waals surface area contributed by atoms with Crippen LogP contribution in [0.4, 0.5) is 5.69 Å². The van der Waals surface area contributed by atoms with E-state index in [2.05, 4.69) is 129 Å². The first-order chi connectivity index (χ1) is 23.7. The molecule has 0 amide bonds. The molecule has 0 spiro atoms. The van der Waals surface area contributed by atoms with Crippen molar-refractivity contribution >= 4 is 49.3 Å². The molecule has 0 aliphatic carbocycles. The van der Waals surface area contributed by atoms with Crippen molar-refractivity contribution < 1.29 is 0 Å². The lowest BCUT2D eigenvalue weighted by Crippen LogP contribution is -1.99. The number of benzene rings is 7. The Bertz CT molecular complexity index is 2750. The predicted octanol–water partition coefficient (Wildman–Crippen LogP) is 11.6. The Labute approximate surface area is 277 Å². The van der Waals surface area contributed by atoms with Crippen LogP contribution in [0.3, 0.4) is 0 Å². The van der Waals surface area contributed by atoms with Crippen LogP contribution in [0.15, 0.2) is 158 Å². The molecule has 0 aliphatic rings. The second-order valence-corrected chi connectivity index (χ2v) is 12.0. The van der Waals surface area contributed by atoms with E-state index in [4.69, 9.17) is 6.57 Å². The Hall–Kier alpha value is -6.88. The molecule has 2 aromatic heterocycles. The average molecular weight is 611 g/mol. The van der Waals surface area contributed by atoms with Crippen LogP contribution < -0.4 is 0 Å². The van der Waals surface area contributed by atoms with Crippen molar-refractivity contribution in [2.45, 2.75) is 0 Å². The van der Waals surface area contributed by atoms with Gasteiger partial charge in [-0.05, 0) is 82.7 Å². The minimum atomic E-state index is 0.598. The van der Waals surface area contributed by atoms with Crippen LogP contribution >= 0.6 is 0 Å². The van der Waals surface area contributed by atoms with E-state index >= 15 is 0 Å². The van der Waals surface area contributed by atoms with Gasteiger partial charge in [0.1, 0.15) is 0 Å². The molecule has 0 fully saturated rings. The van der Waals surface area contributed by atoms with E-state index in [1.807, 2.05) is 48.5 Å². The fraction of sp³-hybridized carbons (Fsp3) is 0. The van der Waals surface area contributed by atoms with E-state index in [1.165, 1.54) is 21.8 Å². The number of nitriles is 1. The molecule has 7 aromatic carbocycles. The summed E-state index contributed by atoms with van der Waals surface area (Å²) in [4.78, 5) is 3.70. The molecule has 0 N–H and O–H groups in total. The van der Waals surface area contributed by atoms with E-state index in [1.54, 1.807) is 0 Å². The third kappa shape index (κ3) is 4.14. The summed E-state index contributed by atoms with van der Waals surface area (Å²) in [7, 11) is 0. The van der Waals surface area contributed by atoms with E-state index < -0.39 is 0 Å². The van der Waals surface area contributed by atoms with Crippen LogP contribution in [0.1, 0.15) is 5.56 Å². The fourth-order valence-corrected chi connectivity index (χ4v) is 7.27. The van der Waals surface area contributed by atoms with Crippen molar-refractivity contribution in [1.82, 2.24) is 9.13 Å². The van der Waals surface area contributed by atoms with Gasteiger partial charge in [-0.3, -0.25) is 0 Å². The summed E-state index contributed by atoms with van der Waals surface area (Å²) in [6, 6.07) is 56.8. The lowest BCUT2D eigenvalue weighted by Gasteiger charge is -2.18. The molecular weight excluding hydrogens is 585 g/mol. The fourth-order valence-electron chi connectivity index (χ4n) is 7.27. The summed E-state index contributed by atoms with van der Waals surface area (Å²) in [6.07, 6.45) is 0. The molecule has 2 heterocycles. The monoisotopic (exact) mass is 610 g/mol. The molecule has 48 heavy (non-hydrogen) atoms. The number of rotatable bonds is 4. The molecule has 0 unspecified atom stereocenters. The molecule has 0 radical (unpaired) electrons. The molecule has 0 saturated heterocycles. The Kier molecular flexibility index (Phi) is 6.22. The maximum Gasteiger partial charge on any atom is 0.188 e. The molecular formula is C44H26N4. The van der Waals surface area contributed by atoms with E-state index in [9.17, 15) is 5.26 Å². The Morgan fingerprint density at radius 2 is 1.04 bits per heavy atom. The predicted molar refractivity (Wildman–Crippen MR) is 197 cm³/mol. The van der Waals surface area contributed by atoms with Gasteiger partial charge in [0.15, 0.2) is 5.69 Å². The number of nitrogens with zero attached hydrogens (tertiary/aromatic N) is 4. The highest BCUT2D eigenvalue weighted by Crippen LogP contribution is 2.41. The van der Waals surface area contributed by atoms with Crippen LogP contribution in [0.2, 0.25) is 0 Å². The number of aromatic nitrogens is 2. The molecule has 9 aromatic rings. The van der Waals surface area contributed by atoms with Crippen LogP contribution in [0.5, 0.6) is 0 Å². The summed E-state index contributed by atoms with van der Waals surface area (Å²) in [5, 5.41) is 14.6. The first-order valence-electron chi connectivity index (χ1n) is 15.9. The van der Waals surface area contributed by atoms with Gasteiger partial charge in [0, 0.05) is 27.4 Å². The largest absolute Gasteiger partial charge is 0.309 e. The summed E-state index contributed by atoms with van der Waals surface area (Å²) >= 11 is 0. The van der Waals surface area contributed by atoms with Gasteiger partial charge < -0.3 is 9.13 Å². The lowest BCUT2D eigenvalue weighted by molar-refractivity contribution is 1.18. The normalized spacial score (nSPS) is 11.3. The third-order valence-electron chi connectivity index (χ3n) is 9.39. The van der Waals surface area contributed by atoms with Gasteiger partial charge in [0.25, 0.3) is 0 Å². The van der Waals surface area contributed by atoms with E-state index in [0.29, 0.717) is 11.3 Å². The Morgan fingerprint density at radius 3 is 1.69 bits per heavy atom. The van der Waals surface area contributed by atoms with Crippen molar-refractivity contribution in [3.8, 4) is 39.7 Å². The molecule has 0 aliphatic heterocycles. The van der Waals surface area contributed by atoms with E-state index in [-0.39, 0.29) is 0 Å². The highest BCUT2D eigenvalue weighted by atomic mass is 15.0. The maximum atomic E-state index is 10.0. The second kappa shape index (κ2) is 10.9. The molecule has 0 saturated carbocycles. The Morgan fingerprint density at radius 1 is 0.479 bits per heavy atom. The van der Waals surface area contributed by atoms with Gasteiger partial charge in [-0.25, -0.2) is 4.85 Å². The van der Waals surface area contributed by atoms with Crippen molar-refractivity contribution in [3.05, 3.63) is 175 Å². The third-order valence-corrected chi connectivity index (χ3v) is 9.39. The van der Waals surface area contributed by atoms with E-state index in [0.717, 1.165) is 55.4 Å². The van der Waals surface area contributed by atoms with Gasteiger partial charge in [0.05, 0.1) is 46.0 Å². The van der Waals surface area contributed by atoms with Crippen molar-refractivity contribution in [3.63, 3.8) is 0 Å². The smallest absolute Gasteiger partial charge is 0.188 e. The number of fused-ring (bicyclic) bond motifs is 6. The highest BCUT2D eigenvalue weighted by Gasteiger charge is 2.19. The zero-order chi connectivity index (χ0) is 32.2. The Balaban J connectivity index is 1.24. The van der Waals surface area contributed by atoms with Gasteiger partial charge in [-0.1, -0.05) is 97.1 Å². The van der Waals surface area contributed by atoms with Crippen molar-refractivity contribution in [2.75, 3.05) is 0 Å². The summed E-state index contributed by atoms with van der Waals surface area (Å²) in [6.45, 7) is 7.61. The SMILES string of the molecule is [C-]#[N+]c1ccc2c(c1)c1ccccc1n2-c1ccc(C#N)cc1-c1ccccc1-c1ccc(-n2c3ccccc3c3ccccc32)cc1. The molecule has 222 valence electrons. The summed E-state index contributed by atoms with van der Waals surface area (Å²) < 4.78 is 4.59. The minimum absolute atomic E-state index is 0.598. The molecule has 0 bridgehead atoms. The summed E-state index contributed by atoms with van der Waals surface area (Å²) in [5.74, 6) is 0. The maximum absolute atomic E-state index is 10.0. The zero-order valence-corrected chi connectivity index (χ0v) is 25.8. The first kappa shape index (κ1) is 27.4. The van der Waals surface area contributed by atoms with Gasteiger partial charge in [0.2, 0.25) is 0 Å². The number of para-hydroxylation sites is 3. The average Bonchev–Trinajstić information content (AvgIpc) is 3.67. The minimum Gasteiger partial charge on any atom is -0.309 e. The molecule has 4 nitrogen and oxygen atoms in total. The standard InChI is InChI=1S/C44H26N4/c1-46-31-21-25-44-39(27-31)37-14-6-9-17-42(37)48(44)43-24-18-29(28-45)26-38(43)34-11-3-2-10-33(34)30-19-22-32(23-20-30)47-40-15-7-4-12-35(40)36-13-5-8-16-41(36)47/h2-27H. The molecule has 0 atom stereocenters. The van der Waals surface area contributed by atoms with Crippen molar-refractivity contribution in [2.24, 2.45) is 0 Å². The molecule has 4 heteroatoms. The zero-order valence-electron chi connectivity index (χ0n) is 25.8. The first-order valence-corrected chi connectivity index (χ1v) is 15.9. The van der Waals surface area contributed by atoms with Crippen LogP contribution in [0, 0.1) is 17.9 Å². The number of hydrogen-bond donors (Lipinski definition) is 0. The van der Waals surface area contributed by atoms with Gasteiger partial charge in [-0.2, -0.15) is 5.26 Å². The lowest BCUT2D eigenvalue weighted by atomic mass is 9.92. The van der Waals surface area contributed by atoms with Crippen LogP contribution in [-0.2, 0) is 0 Å².